The molecule has 1 aliphatic heterocycles. The van der Waals surface area contributed by atoms with Crippen molar-refractivity contribution >= 4 is 66.2 Å². The third-order valence-electron chi connectivity index (χ3n) is 8.24. The molecule has 0 bridgehead atoms. The Morgan fingerprint density at radius 3 is 2.02 bits per heavy atom. The van der Waals surface area contributed by atoms with Crippen molar-refractivity contribution in [2.45, 2.75) is 6.29 Å². The maximum atomic E-state index is 6.39. The molecule has 1 N–H and O–H groups in total. The van der Waals surface area contributed by atoms with E-state index < -0.39 is 6.29 Å². The van der Waals surface area contributed by atoms with E-state index in [1.807, 2.05) is 30.3 Å². The van der Waals surface area contributed by atoms with Gasteiger partial charge in [-0.05, 0) is 41.1 Å². The molecule has 0 radical (unpaired) electrons. The molecule has 5 heteroatoms. The molecular formula is C37H24N4O. The summed E-state index contributed by atoms with van der Waals surface area (Å²) < 4.78 is 8.67. The number of fused-ring (bicyclic) bond motifs is 7. The Bertz CT molecular complexity index is 2340. The van der Waals surface area contributed by atoms with Crippen LogP contribution in [0.4, 0.5) is 0 Å². The number of nitrogens with one attached hydrogen (secondary N) is 1. The van der Waals surface area contributed by atoms with Crippen molar-refractivity contribution in [2.75, 3.05) is 0 Å². The van der Waals surface area contributed by atoms with Gasteiger partial charge in [-0.2, -0.15) is 0 Å². The van der Waals surface area contributed by atoms with Crippen LogP contribution in [0, 0.1) is 0 Å². The highest BCUT2D eigenvalue weighted by atomic mass is 16.3. The second-order valence-corrected chi connectivity index (χ2v) is 10.7. The first-order chi connectivity index (χ1) is 20.8. The molecule has 8 aromatic rings. The van der Waals surface area contributed by atoms with E-state index in [1.54, 1.807) is 0 Å². The topological polar surface area (TPSA) is 54.8 Å². The highest BCUT2D eigenvalue weighted by Gasteiger charge is 2.26. The molecule has 0 spiro atoms. The molecule has 0 saturated carbocycles. The summed E-state index contributed by atoms with van der Waals surface area (Å²) in [4.78, 5) is 10.5. The van der Waals surface area contributed by atoms with Crippen molar-refractivity contribution in [1.82, 2.24) is 9.88 Å². The van der Waals surface area contributed by atoms with Crippen LogP contribution in [0.25, 0.3) is 54.5 Å². The zero-order chi connectivity index (χ0) is 27.6. The van der Waals surface area contributed by atoms with Gasteiger partial charge in [0.2, 0.25) is 6.29 Å². The van der Waals surface area contributed by atoms with Crippen LogP contribution in [0.1, 0.15) is 17.4 Å². The lowest BCUT2D eigenvalue weighted by Gasteiger charge is -2.26. The molecule has 9 rings (SSSR count). The third kappa shape index (κ3) is 3.44. The van der Waals surface area contributed by atoms with Crippen LogP contribution >= 0.6 is 0 Å². The van der Waals surface area contributed by atoms with Crippen LogP contribution in [0.5, 0.6) is 0 Å². The molecule has 5 nitrogen and oxygen atoms in total. The molecule has 0 aliphatic carbocycles. The van der Waals surface area contributed by atoms with Gasteiger partial charge in [-0.3, -0.25) is 0 Å². The quantitative estimate of drug-likeness (QED) is 0.243. The van der Waals surface area contributed by atoms with E-state index in [9.17, 15) is 0 Å². The fourth-order valence-electron chi connectivity index (χ4n) is 6.35. The van der Waals surface area contributed by atoms with Crippen molar-refractivity contribution in [3.8, 4) is 0 Å². The van der Waals surface area contributed by atoms with Gasteiger partial charge in [-0.15, -0.1) is 0 Å². The first kappa shape index (κ1) is 23.1. The minimum atomic E-state index is -0.410. The smallest absolute Gasteiger partial charge is 0.204 e. The summed E-state index contributed by atoms with van der Waals surface area (Å²) in [5.41, 5.74) is 5.87. The molecule has 0 saturated heterocycles. The molecular weight excluding hydrogens is 516 g/mol. The van der Waals surface area contributed by atoms with E-state index in [0.717, 1.165) is 55.3 Å². The van der Waals surface area contributed by atoms with Crippen LogP contribution in [-0.4, -0.2) is 16.2 Å². The van der Waals surface area contributed by atoms with Gasteiger partial charge in [0, 0.05) is 32.7 Å². The lowest BCUT2D eigenvalue weighted by Crippen LogP contribution is -2.36. The monoisotopic (exact) mass is 540 g/mol. The van der Waals surface area contributed by atoms with Crippen molar-refractivity contribution in [1.29, 1.82) is 0 Å². The number of hydrogen-bond acceptors (Lipinski definition) is 4. The van der Waals surface area contributed by atoms with Crippen molar-refractivity contribution in [3.63, 3.8) is 0 Å². The maximum Gasteiger partial charge on any atom is 0.204 e. The Hall–Kier alpha value is -5.68. The van der Waals surface area contributed by atoms with Crippen molar-refractivity contribution in [3.05, 3.63) is 145 Å². The fourth-order valence-corrected chi connectivity index (χ4v) is 6.35. The second-order valence-electron chi connectivity index (χ2n) is 10.7. The molecule has 2 aromatic heterocycles. The summed E-state index contributed by atoms with van der Waals surface area (Å²) in [6, 6.07) is 46.2. The van der Waals surface area contributed by atoms with Gasteiger partial charge in [-0.1, -0.05) is 103 Å². The van der Waals surface area contributed by atoms with Gasteiger partial charge in [0.15, 0.2) is 5.84 Å². The van der Waals surface area contributed by atoms with E-state index >= 15 is 0 Å². The highest BCUT2D eigenvalue weighted by molar-refractivity contribution is 6.23. The number of furan rings is 1. The van der Waals surface area contributed by atoms with E-state index in [1.165, 1.54) is 16.2 Å². The predicted octanol–water partition coefficient (Wildman–Crippen LogP) is 8.80. The Kier molecular flexibility index (Phi) is 4.90. The predicted molar refractivity (Wildman–Crippen MR) is 172 cm³/mol. The lowest BCUT2D eigenvalue weighted by molar-refractivity contribution is 0.516. The van der Waals surface area contributed by atoms with E-state index in [4.69, 9.17) is 14.4 Å². The Morgan fingerprint density at radius 2 is 1.26 bits per heavy atom. The van der Waals surface area contributed by atoms with Crippen LogP contribution in [0.3, 0.4) is 0 Å². The highest BCUT2D eigenvalue weighted by Crippen LogP contribution is 2.37. The minimum Gasteiger partial charge on any atom is -0.456 e. The standard InChI is InChI=1S/C37H24N4O/c1-2-11-23(12-3-1)35-38-36(40-37(39-35)41-30-18-8-6-15-26(30)27-16-7-9-19-31(27)41)28-17-10-20-32-34(28)29-21-24-13-4-5-14-25(24)22-33(29)42-32/h1-22,37H,(H,38,39,40). The van der Waals surface area contributed by atoms with Gasteiger partial charge in [0.05, 0.1) is 11.0 Å². The first-order valence-electron chi connectivity index (χ1n) is 14.1. The molecule has 198 valence electrons. The van der Waals surface area contributed by atoms with Gasteiger partial charge < -0.3 is 14.3 Å². The van der Waals surface area contributed by atoms with Crippen LogP contribution in [0.15, 0.2) is 148 Å². The number of aliphatic imine (C=N–C) groups is 2. The average molecular weight is 541 g/mol. The number of rotatable bonds is 3. The molecule has 1 atom stereocenters. The van der Waals surface area contributed by atoms with Gasteiger partial charge in [-0.25, -0.2) is 9.98 Å². The molecule has 3 heterocycles. The largest absolute Gasteiger partial charge is 0.456 e. The molecule has 0 fully saturated rings. The van der Waals surface area contributed by atoms with Gasteiger partial charge in [0.25, 0.3) is 0 Å². The number of aromatic nitrogens is 1. The van der Waals surface area contributed by atoms with Crippen LogP contribution in [-0.2, 0) is 0 Å². The summed E-state index contributed by atoms with van der Waals surface area (Å²) >= 11 is 0. The summed E-state index contributed by atoms with van der Waals surface area (Å²) in [6.45, 7) is 0. The normalized spacial score (nSPS) is 15.4. The number of hydrogen-bond donors (Lipinski definition) is 1. The lowest BCUT2D eigenvalue weighted by atomic mass is 10.0. The summed E-state index contributed by atoms with van der Waals surface area (Å²) in [5.74, 6) is 1.45. The Balaban J connectivity index is 1.32. The molecule has 0 amide bonds. The van der Waals surface area contributed by atoms with Crippen LogP contribution in [0.2, 0.25) is 0 Å². The number of benzene rings is 6. The van der Waals surface area contributed by atoms with Crippen molar-refractivity contribution in [2.24, 2.45) is 9.98 Å². The van der Waals surface area contributed by atoms with Gasteiger partial charge >= 0.3 is 0 Å². The number of nitrogens with zero attached hydrogens (tertiary/aromatic N) is 3. The number of para-hydroxylation sites is 2. The zero-order valence-corrected chi connectivity index (χ0v) is 22.5. The van der Waals surface area contributed by atoms with Crippen molar-refractivity contribution < 1.29 is 4.42 Å². The Morgan fingerprint density at radius 1 is 0.595 bits per heavy atom. The van der Waals surface area contributed by atoms with Gasteiger partial charge in [0.1, 0.15) is 17.0 Å². The first-order valence-corrected chi connectivity index (χ1v) is 14.1. The van der Waals surface area contributed by atoms with E-state index in [2.05, 4.69) is 113 Å². The molecule has 1 aliphatic rings. The van der Waals surface area contributed by atoms with Crippen LogP contribution < -0.4 is 5.32 Å². The minimum absolute atomic E-state index is 0.410. The third-order valence-corrected chi connectivity index (χ3v) is 8.24. The zero-order valence-electron chi connectivity index (χ0n) is 22.5. The molecule has 1 unspecified atom stereocenters. The maximum absolute atomic E-state index is 6.39. The molecule has 42 heavy (non-hydrogen) atoms. The van der Waals surface area contributed by atoms with E-state index in [-0.39, 0.29) is 0 Å². The molecule has 6 aromatic carbocycles. The average Bonchev–Trinajstić information content (AvgIpc) is 3.59. The Labute approximate surface area is 241 Å². The fraction of sp³-hybridized carbons (Fsp3) is 0.0270. The number of amidine groups is 2. The second kappa shape index (κ2) is 8.91. The summed E-state index contributed by atoms with van der Waals surface area (Å²) in [7, 11) is 0. The van der Waals surface area contributed by atoms with E-state index in [0.29, 0.717) is 5.84 Å². The SMILES string of the molecule is c1ccc(C2=NC(c3cccc4oc5cc6ccccc6cc5c34)=NC(n3c4ccccc4c4ccccc43)N2)cc1. The summed E-state index contributed by atoms with van der Waals surface area (Å²) in [6.07, 6.45) is -0.410. The summed E-state index contributed by atoms with van der Waals surface area (Å²) in [5, 5.41) is 10.5.